The van der Waals surface area contributed by atoms with Crippen molar-refractivity contribution in [3.8, 4) is 34.2 Å². The van der Waals surface area contributed by atoms with E-state index in [1.807, 2.05) is 25.1 Å². The highest BCUT2D eigenvalue weighted by Crippen LogP contribution is 2.35. The third kappa shape index (κ3) is 5.57. The van der Waals surface area contributed by atoms with E-state index in [1.165, 1.54) is 47.2 Å². The molecule has 0 aliphatic carbocycles. The largest absolute Gasteiger partial charge is 0.478 e. The molecule has 220 valence electrons. The first kappa shape index (κ1) is 28.5. The van der Waals surface area contributed by atoms with Gasteiger partial charge < -0.3 is 9.47 Å². The summed E-state index contributed by atoms with van der Waals surface area (Å²) >= 11 is 0. The smallest absolute Gasteiger partial charge is 0.266 e. The molecule has 0 unspecified atom stereocenters. The van der Waals surface area contributed by atoms with Gasteiger partial charge in [0.2, 0.25) is 5.88 Å². The Kier molecular flexibility index (Phi) is 7.72. The molecule has 0 bridgehead atoms. The molecule has 2 aromatic carbocycles. The van der Waals surface area contributed by atoms with Crippen LogP contribution in [-0.2, 0) is 6.42 Å². The Morgan fingerprint density at radius 2 is 1.73 bits per heavy atom. The van der Waals surface area contributed by atoms with Crippen LogP contribution in [0.5, 0.6) is 17.4 Å². The number of carbonyl (C=O) groups is 1. The third-order valence-corrected chi connectivity index (χ3v) is 7.12. The van der Waals surface area contributed by atoms with Gasteiger partial charge in [0.25, 0.3) is 5.56 Å². The molecule has 0 saturated heterocycles. The number of pyridine rings is 2. The number of benzene rings is 2. The van der Waals surface area contributed by atoms with Gasteiger partial charge in [-0.1, -0.05) is 6.07 Å². The molecule has 0 atom stereocenters. The molecule has 0 aliphatic rings. The second-order valence-corrected chi connectivity index (χ2v) is 10.0. The predicted molar refractivity (Wildman–Crippen MR) is 161 cm³/mol. The number of hydrogen-bond acceptors (Lipinski definition) is 6. The molecule has 0 N–H and O–H groups in total. The Morgan fingerprint density at radius 3 is 2.50 bits per heavy atom. The van der Waals surface area contributed by atoms with Gasteiger partial charge in [0, 0.05) is 48.4 Å². The molecule has 0 amide bonds. The molecule has 6 rings (SSSR count). The van der Waals surface area contributed by atoms with Crippen molar-refractivity contribution in [3.05, 3.63) is 136 Å². The lowest BCUT2D eigenvalue weighted by atomic mass is 10.0. The van der Waals surface area contributed by atoms with Crippen LogP contribution < -0.4 is 15.0 Å². The van der Waals surface area contributed by atoms with Crippen LogP contribution in [0.2, 0.25) is 0 Å². The Bertz CT molecular complexity index is 2070. The van der Waals surface area contributed by atoms with Crippen LogP contribution in [0.15, 0.2) is 102 Å². The van der Waals surface area contributed by atoms with Crippen molar-refractivity contribution < 1.29 is 23.0 Å². The van der Waals surface area contributed by atoms with Gasteiger partial charge in [-0.25, -0.2) is 18.3 Å². The first-order valence-electron chi connectivity index (χ1n) is 13.9. The first-order chi connectivity index (χ1) is 21.3. The van der Waals surface area contributed by atoms with Gasteiger partial charge in [-0.05, 0) is 85.1 Å². The molecule has 0 spiro atoms. The first-order valence-corrected chi connectivity index (χ1v) is 13.9. The molecule has 4 aromatic heterocycles. The van der Waals surface area contributed by atoms with Gasteiger partial charge in [-0.3, -0.25) is 14.2 Å². The summed E-state index contributed by atoms with van der Waals surface area (Å²) in [6, 6.07) is 18.5. The van der Waals surface area contributed by atoms with E-state index < -0.39 is 23.0 Å². The van der Waals surface area contributed by atoms with Crippen molar-refractivity contribution in [2.45, 2.75) is 20.3 Å². The number of ketones is 1. The minimum atomic E-state index is -0.672. The standard InChI is InChI=1S/C34H26F2N4O4/c1-3-43-31-20-23(10-14-37-31)26-13-17-40-33(26)30(11-15-38-40)44-29-9-4-22(18-27(29)36)19-28(41)32-21(2)12-16-39(34(32)42)25-7-5-24(35)6-8-25/h4-18,20H,3,19H2,1-2H3. The zero-order valence-corrected chi connectivity index (χ0v) is 23.8. The fraction of sp³-hybridized carbons (Fsp3) is 0.118. The second-order valence-electron chi connectivity index (χ2n) is 10.0. The van der Waals surface area contributed by atoms with Crippen molar-refractivity contribution in [2.24, 2.45) is 0 Å². The molecule has 8 nitrogen and oxygen atoms in total. The number of Topliss-reactive ketones (excluding diaryl/α,β-unsaturated/α-hetero) is 1. The summed E-state index contributed by atoms with van der Waals surface area (Å²) in [7, 11) is 0. The van der Waals surface area contributed by atoms with E-state index in [1.54, 1.807) is 48.2 Å². The third-order valence-electron chi connectivity index (χ3n) is 7.12. The van der Waals surface area contributed by atoms with Gasteiger partial charge in [-0.2, -0.15) is 5.10 Å². The van der Waals surface area contributed by atoms with E-state index in [2.05, 4.69) is 10.1 Å². The van der Waals surface area contributed by atoms with Gasteiger partial charge >= 0.3 is 0 Å². The molecule has 44 heavy (non-hydrogen) atoms. The zero-order valence-electron chi connectivity index (χ0n) is 23.8. The monoisotopic (exact) mass is 592 g/mol. The summed E-state index contributed by atoms with van der Waals surface area (Å²) in [5.41, 5.74) is 2.99. The Labute approximate surface area is 250 Å². The molecule has 6 aromatic rings. The van der Waals surface area contributed by atoms with E-state index in [0.717, 1.165) is 11.1 Å². The fourth-order valence-corrected chi connectivity index (χ4v) is 5.03. The van der Waals surface area contributed by atoms with E-state index in [-0.39, 0.29) is 17.7 Å². The Hall–Kier alpha value is -5.64. The van der Waals surface area contributed by atoms with Gasteiger partial charge in [-0.15, -0.1) is 0 Å². The Balaban J connectivity index is 1.26. The molecule has 0 saturated carbocycles. The summed E-state index contributed by atoms with van der Waals surface area (Å²) in [6.07, 6.45) is 6.31. The van der Waals surface area contributed by atoms with Crippen molar-refractivity contribution in [1.29, 1.82) is 0 Å². The molecule has 0 radical (unpaired) electrons. The average Bonchev–Trinajstić information content (AvgIpc) is 3.45. The number of rotatable bonds is 9. The van der Waals surface area contributed by atoms with Crippen LogP contribution in [0.4, 0.5) is 8.78 Å². The van der Waals surface area contributed by atoms with Crippen molar-refractivity contribution in [2.75, 3.05) is 6.61 Å². The normalized spacial score (nSPS) is 11.1. The van der Waals surface area contributed by atoms with Crippen LogP contribution >= 0.6 is 0 Å². The van der Waals surface area contributed by atoms with Gasteiger partial charge in [0.1, 0.15) is 11.3 Å². The highest BCUT2D eigenvalue weighted by molar-refractivity contribution is 5.98. The lowest BCUT2D eigenvalue weighted by molar-refractivity contribution is 0.0990. The number of carbonyl (C=O) groups excluding carboxylic acids is 1. The molecule has 10 heteroatoms. The van der Waals surface area contributed by atoms with Crippen LogP contribution in [0.25, 0.3) is 22.3 Å². The van der Waals surface area contributed by atoms with Crippen molar-refractivity contribution >= 4 is 11.3 Å². The Morgan fingerprint density at radius 1 is 0.909 bits per heavy atom. The number of fused-ring (bicyclic) bond motifs is 1. The van der Waals surface area contributed by atoms with E-state index in [0.29, 0.717) is 40.6 Å². The minimum Gasteiger partial charge on any atom is -0.478 e. The lowest BCUT2D eigenvalue weighted by Crippen LogP contribution is -2.27. The topological polar surface area (TPSA) is 87.7 Å². The highest BCUT2D eigenvalue weighted by Gasteiger charge is 2.19. The molecule has 0 fully saturated rings. The predicted octanol–water partition coefficient (Wildman–Crippen LogP) is 6.75. The van der Waals surface area contributed by atoms with E-state index >= 15 is 4.39 Å². The summed E-state index contributed by atoms with van der Waals surface area (Å²) in [4.78, 5) is 30.7. The van der Waals surface area contributed by atoms with Crippen molar-refractivity contribution in [1.82, 2.24) is 19.2 Å². The number of nitrogens with zero attached hydrogens (tertiary/aromatic N) is 4. The number of ether oxygens (including phenoxy) is 2. The summed E-state index contributed by atoms with van der Waals surface area (Å²) in [6.45, 7) is 4.02. The lowest BCUT2D eigenvalue weighted by Gasteiger charge is -2.12. The van der Waals surface area contributed by atoms with Crippen LogP contribution in [-0.4, -0.2) is 31.6 Å². The number of aryl methyl sites for hydroxylation is 1. The SMILES string of the molecule is CCOc1cc(-c2ccn3nccc(Oc4ccc(CC(=O)c5c(C)ccn(-c6ccc(F)cc6)c5=O)cc4F)c23)ccn1. The molecular formula is C34H26F2N4O4. The van der Waals surface area contributed by atoms with Crippen LogP contribution in [0.1, 0.15) is 28.4 Å². The van der Waals surface area contributed by atoms with Gasteiger partial charge in [0.05, 0.1) is 18.4 Å². The van der Waals surface area contributed by atoms with E-state index in [9.17, 15) is 14.0 Å². The van der Waals surface area contributed by atoms with Crippen LogP contribution in [0, 0.1) is 18.6 Å². The number of halogens is 2. The van der Waals surface area contributed by atoms with Gasteiger partial charge in [0.15, 0.2) is 23.1 Å². The summed E-state index contributed by atoms with van der Waals surface area (Å²) in [5, 5.41) is 4.34. The maximum absolute atomic E-state index is 15.4. The highest BCUT2D eigenvalue weighted by atomic mass is 19.1. The van der Waals surface area contributed by atoms with Crippen LogP contribution in [0.3, 0.4) is 0 Å². The second kappa shape index (κ2) is 11.9. The van der Waals surface area contributed by atoms with Crippen molar-refractivity contribution in [3.63, 3.8) is 0 Å². The molecular weight excluding hydrogens is 566 g/mol. The maximum Gasteiger partial charge on any atom is 0.266 e. The zero-order chi connectivity index (χ0) is 30.8. The fourth-order valence-electron chi connectivity index (χ4n) is 5.03. The van der Waals surface area contributed by atoms with E-state index in [4.69, 9.17) is 9.47 Å². The maximum atomic E-state index is 15.4. The minimum absolute atomic E-state index is 0.0129. The average molecular weight is 593 g/mol. The quantitative estimate of drug-likeness (QED) is 0.173. The number of aromatic nitrogens is 4. The molecule has 0 aliphatic heterocycles. The molecule has 4 heterocycles. The summed E-state index contributed by atoms with van der Waals surface area (Å²) < 4.78 is 43.2. The summed E-state index contributed by atoms with van der Waals surface area (Å²) in [5.74, 6) is -0.762. The number of hydrogen-bond donors (Lipinski definition) is 0.